The molecule has 0 heterocycles. The summed E-state index contributed by atoms with van der Waals surface area (Å²) in [4.78, 5) is 11.2. The first-order valence-electron chi connectivity index (χ1n) is 4.29. The smallest absolute Gasteiger partial charge is 0.293 e. The van der Waals surface area contributed by atoms with Gasteiger partial charge in [-0.3, -0.25) is 4.79 Å². The van der Waals surface area contributed by atoms with E-state index in [1.54, 1.807) is 0 Å². The van der Waals surface area contributed by atoms with Gasteiger partial charge in [0.05, 0.1) is 5.56 Å². The van der Waals surface area contributed by atoms with Crippen LogP contribution in [0.3, 0.4) is 0 Å². The van der Waals surface area contributed by atoms with Gasteiger partial charge in [0.2, 0.25) is 0 Å². The molecule has 0 unspecified atom stereocenters. The molecular weight excluding hydrogens is 231 g/mol. The van der Waals surface area contributed by atoms with Crippen LogP contribution in [0, 0.1) is 17.6 Å². The summed E-state index contributed by atoms with van der Waals surface area (Å²) in [5, 5.41) is 0. The summed E-state index contributed by atoms with van der Waals surface area (Å²) in [6, 6.07) is 1.81. The molecular formula is C10H7F5O. The van der Waals surface area contributed by atoms with Crippen molar-refractivity contribution in [1.29, 1.82) is 0 Å². The van der Waals surface area contributed by atoms with Gasteiger partial charge in [0.25, 0.3) is 0 Å². The Kier molecular flexibility index (Phi) is 3.30. The molecule has 16 heavy (non-hydrogen) atoms. The molecule has 0 saturated carbocycles. The normalized spacial score (nSPS) is 13.6. The minimum atomic E-state index is -4.74. The molecule has 1 atom stereocenters. The van der Waals surface area contributed by atoms with Gasteiger partial charge in [0.15, 0.2) is 5.78 Å². The second kappa shape index (κ2) is 4.19. The van der Waals surface area contributed by atoms with Crippen LogP contribution in [-0.2, 0) is 0 Å². The molecule has 0 aliphatic carbocycles. The number of carbonyl (C=O) groups excluding carboxylic acids is 1. The van der Waals surface area contributed by atoms with E-state index in [9.17, 15) is 26.7 Å². The van der Waals surface area contributed by atoms with Crippen molar-refractivity contribution >= 4 is 5.78 Å². The highest BCUT2D eigenvalue weighted by atomic mass is 19.4. The predicted molar refractivity (Wildman–Crippen MR) is 45.9 cm³/mol. The van der Waals surface area contributed by atoms with Gasteiger partial charge < -0.3 is 0 Å². The van der Waals surface area contributed by atoms with Crippen molar-refractivity contribution in [3.63, 3.8) is 0 Å². The predicted octanol–water partition coefficient (Wildman–Crippen LogP) is 3.35. The molecule has 0 radical (unpaired) electrons. The Morgan fingerprint density at radius 2 is 1.81 bits per heavy atom. The molecule has 0 aliphatic heterocycles. The van der Waals surface area contributed by atoms with Crippen LogP contribution in [0.4, 0.5) is 22.0 Å². The van der Waals surface area contributed by atoms with Gasteiger partial charge in [-0.1, -0.05) is 0 Å². The van der Waals surface area contributed by atoms with Crippen molar-refractivity contribution in [3.05, 3.63) is 35.4 Å². The Hall–Kier alpha value is -1.46. The number of ketones is 1. The number of hydrogen-bond donors (Lipinski definition) is 0. The van der Waals surface area contributed by atoms with Crippen molar-refractivity contribution in [1.82, 2.24) is 0 Å². The third kappa shape index (κ3) is 2.56. The molecule has 88 valence electrons. The minimum absolute atomic E-state index is 0.371. The van der Waals surface area contributed by atoms with Crippen molar-refractivity contribution in [2.24, 2.45) is 5.92 Å². The molecule has 1 aromatic rings. The van der Waals surface area contributed by atoms with Crippen molar-refractivity contribution < 1.29 is 26.7 Å². The molecule has 6 heteroatoms. The Morgan fingerprint density at radius 3 is 2.25 bits per heavy atom. The van der Waals surface area contributed by atoms with E-state index in [0.717, 1.165) is 6.07 Å². The fourth-order valence-electron chi connectivity index (χ4n) is 1.07. The summed E-state index contributed by atoms with van der Waals surface area (Å²) in [5.41, 5.74) is -0.758. The maximum atomic E-state index is 13.0. The number of alkyl halides is 3. The quantitative estimate of drug-likeness (QED) is 0.570. The van der Waals surface area contributed by atoms with Gasteiger partial charge in [-0.15, -0.1) is 0 Å². The standard InChI is InChI=1S/C10H7F5O/c1-5(10(13,14)15)9(16)7-3-2-6(11)4-8(7)12/h2-5H,1H3/t5-/m0/s1. The minimum Gasteiger partial charge on any atom is -0.293 e. The van der Waals surface area contributed by atoms with Crippen LogP contribution in [0.2, 0.25) is 0 Å². The molecule has 0 N–H and O–H groups in total. The van der Waals surface area contributed by atoms with Crippen LogP contribution in [0.5, 0.6) is 0 Å². The van der Waals surface area contributed by atoms with E-state index < -0.39 is 35.1 Å². The van der Waals surface area contributed by atoms with Crippen LogP contribution in [0.25, 0.3) is 0 Å². The largest absolute Gasteiger partial charge is 0.398 e. The lowest BCUT2D eigenvalue weighted by molar-refractivity contribution is -0.156. The number of benzene rings is 1. The summed E-state index contributed by atoms with van der Waals surface area (Å²) in [6.45, 7) is 0.630. The SMILES string of the molecule is C[C@@H](C(=O)c1ccc(F)cc1F)C(F)(F)F. The van der Waals surface area contributed by atoms with E-state index in [-0.39, 0.29) is 0 Å². The van der Waals surface area contributed by atoms with Gasteiger partial charge >= 0.3 is 6.18 Å². The second-order valence-electron chi connectivity index (χ2n) is 3.25. The van der Waals surface area contributed by atoms with E-state index in [2.05, 4.69) is 0 Å². The van der Waals surface area contributed by atoms with E-state index in [1.165, 1.54) is 0 Å². The molecule has 0 aromatic heterocycles. The van der Waals surface area contributed by atoms with E-state index in [4.69, 9.17) is 0 Å². The summed E-state index contributed by atoms with van der Waals surface area (Å²) in [6.07, 6.45) is -4.74. The Bertz CT molecular complexity index is 410. The maximum Gasteiger partial charge on any atom is 0.398 e. The van der Waals surface area contributed by atoms with E-state index in [1.807, 2.05) is 0 Å². The molecule has 1 nitrogen and oxygen atoms in total. The zero-order valence-electron chi connectivity index (χ0n) is 8.11. The van der Waals surface area contributed by atoms with E-state index in [0.29, 0.717) is 19.1 Å². The highest BCUT2D eigenvalue weighted by molar-refractivity contribution is 5.98. The first kappa shape index (κ1) is 12.6. The van der Waals surface area contributed by atoms with Crippen LogP contribution in [0.15, 0.2) is 18.2 Å². The lowest BCUT2D eigenvalue weighted by Crippen LogP contribution is -2.28. The highest BCUT2D eigenvalue weighted by Gasteiger charge is 2.41. The summed E-state index contributed by atoms with van der Waals surface area (Å²) in [5.74, 6) is -5.97. The van der Waals surface area contributed by atoms with Gasteiger partial charge in [0.1, 0.15) is 17.6 Å². The number of Topliss-reactive ketones (excluding diaryl/α,β-unsaturated/α-hetero) is 1. The summed E-state index contributed by atoms with van der Waals surface area (Å²) in [7, 11) is 0. The van der Waals surface area contributed by atoms with Crippen molar-refractivity contribution in [3.8, 4) is 0 Å². The summed E-state index contributed by atoms with van der Waals surface area (Å²) < 4.78 is 62.0. The van der Waals surface area contributed by atoms with Crippen molar-refractivity contribution in [2.45, 2.75) is 13.1 Å². The lowest BCUT2D eigenvalue weighted by atomic mass is 9.98. The third-order valence-corrected chi connectivity index (χ3v) is 2.08. The molecule has 0 amide bonds. The number of halogens is 5. The number of hydrogen-bond acceptors (Lipinski definition) is 1. The zero-order chi connectivity index (χ0) is 12.5. The Labute approximate surface area is 87.9 Å². The van der Waals surface area contributed by atoms with Crippen molar-refractivity contribution in [2.75, 3.05) is 0 Å². The number of carbonyl (C=O) groups is 1. The lowest BCUT2D eigenvalue weighted by Gasteiger charge is -2.14. The van der Waals surface area contributed by atoms with E-state index >= 15 is 0 Å². The second-order valence-corrected chi connectivity index (χ2v) is 3.25. The monoisotopic (exact) mass is 238 g/mol. The average molecular weight is 238 g/mol. The van der Waals surface area contributed by atoms with Gasteiger partial charge in [-0.05, 0) is 19.1 Å². The summed E-state index contributed by atoms with van der Waals surface area (Å²) >= 11 is 0. The van der Waals surface area contributed by atoms with Crippen LogP contribution < -0.4 is 0 Å². The first-order valence-corrected chi connectivity index (χ1v) is 4.29. The Morgan fingerprint density at radius 1 is 1.25 bits per heavy atom. The van der Waals surface area contributed by atoms with Crippen LogP contribution in [-0.4, -0.2) is 12.0 Å². The van der Waals surface area contributed by atoms with Gasteiger partial charge in [-0.25, -0.2) is 8.78 Å². The fraction of sp³-hybridized carbons (Fsp3) is 0.300. The average Bonchev–Trinajstić information content (AvgIpc) is 2.14. The maximum absolute atomic E-state index is 13.0. The van der Waals surface area contributed by atoms with Gasteiger partial charge in [-0.2, -0.15) is 13.2 Å². The molecule has 1 aromatic carbocycles. The van der Waals surface area contributed by atoms with Crippen LogP contribution in [0.1, 0.15) is 17.3 Å². The van der Waals surface area contributed by atoms with Crippen LogP contribution >= 0.6 is 0 Å². The molecule has 0 aliphatic rings. The first-order chi connectivity index (χ1) is 7.23. The third-order valence-electron chi connectivity index (χ3n) is 2.08. The fourth-order valence-corrected chi connectivity index (χ4v) is 1.07. The van der Waals surface area contributed by atoms with Gasteiger partial charge in [0, 0.05) is 6.07 Å². The topological polar surface area (TPSA) is 17.1 Å². The molecule has 1 rings (SSSR count). The molecule has 0 fully saturated rings. The number of rotatable bonds is 2. The molecule has 0 bridgehead atoms. The Balaban J connectivity index is 3.06. The molecule has 0 saturated heterocycles. The highest BCUT2D eigenvalue weighted by Crippen LogP contribution is 2.29. The zero-order valence-corrected chi connectivity index (χ0v) is 8.11. The molecule has 0 spiro atoms.